The second-order valence-electron chi connectivity index (χ2n) is 4.58. The molecule has 0 bridgehead atoms. The molecule has 0 radical (unpaired) electrons. The maximum atomic E-state index is 12.6. The van der Waals surface area contributed by atoms with Crippen LogP contribution in [0.25, 0.3) is 0 Å². The van der Waals surface area contributed by atoms with Crippen LogP contribution in [-0.2, 0) is 9.53 Å². The molecule has 5 nitrogen and oxygen atoms in total. The lowest BCUT2D eigenvalue weighted by Gasteiger charge is -2.33. The third kappa shape index (κ3) is 2.95. The molecule has 1 fully saturated rings. The van der Waals surface area contributed by atoms with Crippen LogP contribution in [0.15, 0.2) is 11.4 Å². The Labute approximate surface area is 122 Å². The van der Waals surface area contributed by atoms with Gasteiger partial charge in [-0.25, -0.2) is 4.79 Å². The number of rotatable bonds is 4. The van der Waals surface area contributed by atoms with Crippen LogP contribution < -0.4 is 4.74 Å². The second kappa shape index (κ2) is 6.74. The zero-order valence-corrected chi connectivity index (χ0v) is 12.6. The van der Waals surface area contributed by atoms with Gasteiger partial charge in [0.1, 0.15) is 16.7 Å². The summed E-state index contributed by atoms with van der Waals surface area (Å²) in [7, 11) is 1.54. The van der Waals surface area contributed by atoms with Crippen molar-refractivity contribution in [3.63, 3.8) is 0 Å². The number of thiophene rings is 1. The highest BCUT2D eigenvalue weighted by atomic mass is 32.1. The molecule has 110 valence electrons. The maximum absolute atomic E-state index is 12.6. The lowest BCUT2D eigenvalue weighted by molar-refractivity contribution is -0.149. The van der Waals surface area contributed by atoms with Gasteiger partial charge in [-0.15, -0.1) is 11.3 Å². The normalized spacial score (nSPS) is 18.7. The highest BCUT2D eigenvalue weighted by molar-refractivity contribution is 7.12. The number of likely N-dealkylation sites (tertiary alicyclic amines) is 1. The van der Waals surface area contributed by atoms with E-state index >= 15 is 0 Å². The largest absolute Gasteiger partial charge is 0.495 e. The van der Waals surface area contributed by atoms with Gasteiger partial charge in [0.15, 0.2) is 0 Å². The predicted octanol–water partition coefficient (Wildman–Crippen LogP) is 2.31. The molecule has 2 heterocycles. The molecule has 1 unspecified atom stereocenters. The minimum atomic E-state index is -0.469. The Balaban J connectivity index is 2.19. The van der Waals surface area contributed by atoms with Crippen LogP contribution in [0.3, 0.4) is 0 Å². The van der Waals surface area contributed by atoms with Crippen molar-refractivity contribution >= 4 is 23.2 Å². The number of piperidine rings is 1. The summed E-state index contributed by atoms with van der Waals surface area (Å²) in [5, 5.41) is 1.81. The summed E-state index contributed by atoms with van der Waals surface area (Å²) < 4.78 is 10.3. The van der Waals surface area contributed by atoms with E-state index in [4.69, 9.17) is 9.47 Å². The lowest BCUT2D eigenvalue weighted by Crippen LogP contribution is -2.48. The van der Waals surface area contributed by atoms with Crippen LogP contribution in [0, 0.1) is 0 Å². The number of carbonyl (C=O) groups is 2. The molecule has 1 aromatic rings. The first-order valence-corrected chi connectivity index (χ1v) is 7.66. The van der Waals surface area contributed by atoms with Gasteiger partial charge in [-0.05, 0) is 37.6 Å². The molecule has 1 atom stereocenters. The van der Waals surface area contributed by atoms with E-state index in [9.17, 15) is 9.59 Å². The van der Waals surface area contributed by atoms with Crippen LogP contribution in [0.2, 0.25) is 0 Å². The fraction of sp³-hybridized carbons (Fsp3) is 0.571. The van der Waals surface area contributed by atoms with E-state index in [0.717, 1.165) is 12.8 Å². The Morgan fingerprint density at radius 2 is 2.25 bits per heavy atom. The first kappa shape index (κ1) is 14.8. The minimum Gasteiger partial charge on any atom is -0.495 e. The van der Waals surface area contributed by atoms with E-state index in [1.807, 2.05) is 5.38 Å². The zero-order chi connectivity index (χ0) is 14.5. The van der Waals surface area contributed by atoms with Gasteiger partial charge < -0.3 is 14.4 Å². The van der Waals surface area contributed by atoms with Crippen LogP contribution in [0.1, 0.15) is 35.9 Å². The number of amides is 1. The van der Waals surface area contributed by atoms with Gasteiger partial charge in [0.25, 0.3) is 5.91 Å². The second-order valence-corrected chi connectivity index (χ2v) is 5.50. The number of nitrogens with zero attached hydrogens (tertiary/aromatic N) is 1. The van der Waals surface area contributed by atoms with E-state index in [1.165, 1.54) is 18.4 Å². The molecule has 1 saturated heterocycles. The SMILES string of the molecule is CCOC(=O)C1CCCCN1C(=O)c1sccc1OC. The van der Waals surface area contributed by atoms with Gasteiger partial charge in [0.05, 0.1) is 13.7 Å². The van der Waals surface area contributed by atoms with Gasteiger partial charge in [-0.1, -0.05) is 0 Å². The number of esters is 1. The van der Waals surface area contributed by atoms with Crippen molar-refractivity contribution in [1.29, 1.82) is 0 Å². The Morgan fingerprint density at radius 3 is 2.95 bits per heavy atom. The van der Waals surface area contributed by atoms with E-state index in [2.05, 4.69) is 0 Å². The van der Waals surface area contributed by atoms with Crippen LogP contribution in [0.5, 0.6) is 5.75 Å². The molecule has 0 aliphatic carbocycles. The van der Waals surface area contributed by atoms with Crippen molar-refractivity contribution in [3.05, 3.63) is 16.3 Å². The van der Waals surface area contributed by atoms with Gasteiger partial charge in [0.2, 0.25) is 0 Å². The number of methoxy groups -OCH3 is 1. The van der Waals surface area contributed by atoms with Crippen LogP contribution >= 0.6 is 11.3 Å². The average molecular weight is 297 g/mol. The number of carbonyl (C=O) groups excluding carboxylic acids is 2. The average Bonchev–Trinajstić information content (AvgIpc) is 2.95. The highest BCUT2D eigenvalue weighted by Crippen LogP contribution is 2.29. The molecule has 0 saturated carbocycles. The van der Waals surface area contributed by atoms with Crippen molar-refractivity contribution in [3.8, 4) is 5.75 Å². The molecular weight excluding hydrogens is 278 g/mol. The standard InChI is InChI=1S/C14H19NO4S/c1-3-19-14(17)10-6-4-5-8-15(10)13(16)12-11(18-2)7-9-20-12/h7,9-10H,3-6,8H2,1-2H3. The molecule has 6 heteroatoms. The molecule has 0 spiro atoms. The number of hydrogen-bond donors (Lipinski definition) is 0. The lowest BCUT2D eigenvalue weighted by atomic mass is 10.0. The van der Waals surface area contributed by atoms with Crippen molar-refractivity contribution in [2.24, 2.45) is 0 Å². The molecule has 1 amide bonds. The topological polar surface area (TPSA) is 55.8 Å². The summed E-state index contributed by atoms with van der Waals surface area (Å²) in [4.78, 5) is 26.8. The number of hydrogen-bond acceptors (Lipinski definition) is 5. The summed E-state index contributed by atoms with van der Waals surface area (Å²) in [5.74, 6) is 0.110. The van der Waals surface area contributed by atoms with Crippen molar-refractivity contribution in [2.45, 2.75) is 32.2 Å². The van der Waals surface area contributed by atoms with Crippen molar-refractivity contribution in [2.75, 3.05) is 20.3 Å². The van der Waals surface area contributed by atoms with E-state index in [0.29, 0.717) is 30.2 Å². The monoisotopic (exact) mass is 297 g/mol. The Bertz CT molecular complexity index is 485. The summed E-state index contributed by atoms with van der Waals surface area (Å²) in [6, 6.07) is 1.30. The summed E-state index contributed by atoms with van der Waals surface area (Å²) in [5.41, 5.74) is 0. The Morgan fingerprint density at radius 1 is 1.45 bits per heavy atom. The quantitative estimate of drug-likeness (QED) is 0.800. The van der Waals surface area contributed by atoms with Crippen molar-refractivity contribution in [1.82, 2.24) is 4.90 Å². The molecule has 0 N–H and O–H groups in total. The maximum Gasteiger partial charge on any atom is 0.328 e. The third-order valence-corrected chi connectivity index (χ3v) is 4.25. The van der Waals surface area contributed by atoms with Crippen LogP contribution in [-0.4, -0.2) is 43.1 Å². The van der Waals surface area contributed by atoms with Crippen molar-refractivity contribution < 1.29 is 19.1 Å². The molecule has 1 aromatic heterocycles. The summed E-state index contributed by atoms with van der Waals surface area (Å²) in [6.45, 7) is 2.69. The molecule has 20 heavy (non-hydrogen) atoms. The van der Waals surface area contributed by atoms with Gasteiger partial charge in [-0.3, -0.25) is 4.79 Å². The number of ether oxygens (including phenoxy) is 2. The summed E-state index contributed by atoms with van der Waals surface area (Å²) >= 11 is 1.33. The van der Waals surface area contributed by atoms with Crippen LogP contribution in [0.4, 0.5) is 0 Å². The predicted molar refractivity (Wildman–Crippen MR) is 76.2 cm³/mol. The fourth-order valence-electron chi connectivity index (χ4n) is 2.40. The molecule has 1 aliphatic heterocycles. The van der Waals surface area contributed by atoms with Gasteiger partial charge in [-0.2, -0.15) is 0 Å². The minimum absolute atomic E-state index is 0.144. The molecule has 1 aliphatic rings. The smallest absolute Gasteiger partial charge is 0.328 e. The third-order valence-electron chi connectivity index (χ3n) is 3.37. The van der Waals surface area contributed by atoms with E-state index in [-0.39, 0.29) is 11.9 Å². The van der Waals surface area contributed by atoms with E-state index < -0.39 is 6.04 Å². The Kier molecular flexibility index (Phi) is 5.00. The van der Waals surface area contributed by atoms with Gasteiger partial charge >= 0.3 is 5.97 Å². The zero-order valence-electron chi connectivity index (χ0n) is 11.8. The molecule has 0 aromatic carbocycles. The summed E-state index contributed by atoms with van der Waals surface area (Å²) in [6.07, 6.45) is 2.52. The first-order valence-electron chi connectivity index (χ1n) is 6.78. The fourth-order valence-corrected chi connectivity index (χ4v) is 3.22. The molecule has 2 rings (SSSR count). The van der Waals surface area contributed by atoms with E-state index in [1.54, 1.807) is 17.9 Å². The Hall–Kier alpha value is -1.56. The van der Waals surface area contributed by atoms with Gasteiger partial charge in [0, 0.05) is 6.54 Å². The highest BCUT2D eigenvalue weighted by Gasteiger charge is 2.35. The molecular formula is C14H19NO4S. The first-order chi connectivity index (χ1) is 9.69.